The number of carbonyl (C=O) groups excluding carboxylic acids is 1. The Bertz CT molecular complexity index is 717. The molecule has 1 amide bonds. The minimum atomic E-state index is 0.0803. The predicted molar refractivity (Wildman–Crippen MR) is 103 cm³/mol. The van der Waals surface area contributed by atoms with Crippen molar-refractivity contribution < 1.29 is 4.79 Å². The van der Waals surface area contributed by atoms with Gasteiger partial charge in [-0.3, -0.25) is 9.78 Å². The number of nitrogens with zero attached hydrogens (tertiary/aromatic N) is 1. The van der Waals surface area contributed by atoms with Crippen LogP contribution in [0.4, 0.5) is 5.69 Å². The van der Waals surface area contributed by atoms with Crippen molar-refractivity contribution in [2.45, 2.75) is 38.5 Å². The topological polar surface area (TPSA) is 54.0 Å². The van der Waals surface area contributed by atoms with E-state index in [1.165, 1.54) is 35.2 Å². The highest BCUT2D eigenvalue weighted by Crippen LogP contribution is 2.33. The second-order valence-corrected chi connectivity index (χ2v) is 6.69. The molecule has 4 nitrogen and oxygen atoms in total. The molecular formula is C19H25N3OS. The van der Waals surface area contributed by atoms with Crippen molar-refractivity contribution in [2.24, 2.45) is 0 Å². The molecule has 2 N–H and O–H groups in total. The van der Waals surface area contributed by atoms with E-state index < -0.39 is 0 Å². The summed E-state index contributed by atoms with van der Waals surface area (Å²) in [4.78, 5) is 16.3. The molecule has 0 aliphatic heterocycles. The minimum Gasteiger partial charge on any atom is -0.384 e. The molecule has 0 unspecified atom stereocenters. The fourth-order valence-electron chi connectivity index (χ4n) is 3.29. The molecule has 0 fully saturated rings. The molecule has 0 saturated carbocycles. The highest BCUT2D eigenvalue weighted by atomic mass is 32.1. The van der Waals surface area contributed by atoms with Crippen LogP contribution in [0.3, 0.4) is 0 Å². The second kappa shape index (κ2) is 8.38. The first-order valence-electron chi connectivity index (χ1n) is 8.81. The van der Waals surface area contributed by atoms with Gasteiger partial charge in [-0.1, -0.05) is 18.2 Å². The number of amides is 1. The van der Waals surface area contributed by atoms with Gasteiger partial charge in [0.15, 0.2) is 0 Å². The molecule has 0 radical (unpaired) electrons. The molecule has 1 aliphatic carbocycles. The third-order valence-corrected chi connectivity index (χ3v) is 4.71. The summed E-state index contributed by atoms with van der Waals surface area (Å²) in [6.07, 6.45) is 6.04. The maximum absolute atomic E-state index is 11.5. The SMILES string of the molecule is O=C(CCS)NCCCNc1c2c(nc3ccccc13)CCCC2. The van der Waals surface area contributed by atoms with Gasteiger partial charge in [-0.2, -0.15) is 12.6 Å². The number of para-hydroxylation sites is 1. The molecule has 0 spiro atoms. The molecule has 128 valence electrons. The van der Waals surface area contributed by atoms with Gasteiger partial charge in [-0.25, -0.2) is 0 Å². The lowest BCUT2D eigenvalue weighted by atomic mass is 9.92. The lowest BCUT2D eigenvalue weighted by Gasteiger charge is -2.21. The molecule has 1 heterocycles. The van der Waals surface area contributed by atoms with E-state index in [2.05, 4.69) is 41.5 Å². The van der Waals surface area contributed by atoms with E-state index in [1.54, 1.807) is 0 Å². The summed E-state index contributed by atoms with van der Waals surface area (Å²) in [6, 6.07) is 8.36. The van der Waals surface area contributed by atoms with E-state index in [0.717, 1.165) is 31.3 Å². The molecule has 0 bridgehead atoms. The Morgan fingerprint density at radius 2 is 2.00 bits per heavy atom. The van der Waals surface area contributed by atoms with Crippen LogP contribution >= 0.6 is 12.6 Å². The average Bonchev–Trinajstić information content (AvgIpc) is 2.61. The molecule has 1 aromatic heterocycles. The van der Waals surface area contributed by atoms with Crippen molar-refractivity contribution in [2.75, 3.05) is 24.2 Å². The van der Waals surface area contributed by atoms with Crippen LogP contribution < -0.4 is 10.6 Å². The Morgan fingerprint density at radius 1 is 1.17 bits per heavy atom. The number of thiol groups is 1. The summed E-state index contributed by atoms with van der Waals surface area (Å²) < 4.78 is 0. The quantitative estimate of drug-likeness (QED) is 0.534. The van der Waals surface area contributed by atoms with Gasteiger partial charge in [0, 0.05) is 36.3 Å². The Hall–Kier alpha value is -1.75. The third kappa shape index (κ3) is 4.01. The first kappa shape index (κ1) is 17.1. The summed E-state index contributed by atoms with van der Waals surface area (Å²) in [5, 5.41) is 7.75. The van der Waals surface area contributed by atoms with Gasteiger partial charge in [0.25, 0.3) is 0 Å². The number of fused-ring (bicyclic) bond motifs is 2. The third-order valence-electron chi connectivity index (χ3n) is 4.49. The van der Waals surface area contributed by atoms with Gasteiger partial charge in [0.1, 0.15) is 0 Å². The van der Waals surface area contributed by atoms with Crippen LogP contribution in [0.25, 0.3) is 10.9 Å². The van der Waals surface area contributed by atoms with Crippen LogP contribution in [-0.4, -0.2) is 29.7 Å². The number of aryl methyl sites for hydroxylation is 1. The maximum atomic E-state index is 11.5. The van der Waals surface area contributed by atoms with Gasteiger partial charge < -0.3 is 10.6 Å². The van der Waals surface area contributed by atoms with Gasteiger partial charge in [0.05, 0.1) is 5.52 Å². The van der Waals surface area contributed by atoms with Crippen LogP contribution in [-0.2, 0) is 17.6 Å². The monoisotopic (exact) mass is 343 g/mol. The van der Waals surface area contributed by atoms with Gasteiger partial charge in [-0.15, -0.1) is 0 Å². The second-order valence-electron chi connectivity index (χ2n) is 6.24. The number of aromatic nitrogens is 1. The highest BCUT2D eigenvalue weighted by Gasteiger charge is 2.17. The predicted octanol–water partition coefficient (Wildman–Crippen LogP) is 3.35. The first-order valence-corrected chi connectivity index (χ1v) is 9.45. The van der Waals surface area contributed by atoms with Crippen molar-refractivity contribution in [1.82, 2.24) is 10.3 Å². The van der Waals surface area contributed by atoms with E-state index in [9.17, 15) is 4.79 Å². The van der Waals surface area contributed by atoms with Crippen molar-refractivity contribution in [3.63, 3.8) is 0 Å². The fraction of sp³-hybridized carbons (Fsp3) is 0.474. The molecule has 0 atom stereocenters. The summed E-state index contributed by atoms with van der Waals surface area (Å²) in [5.41, 5.74) is 4.96. The van der Waals surface area contributed by atoms with Crippen molar-refractivity contribution in [3.8, 4) is 0 Å². The fourth-order valence-corrected chi connectivity index (χ4v) is 3.50. The number of carbonyl (C=O) groups is 1. The zero-order chi connectivity index (χ0) is 16.8. The Balaban J connectivity index is 1.68. The lowest BCUT2D eigenvalue weighted by Crippen LogP contribution is -2.26. The van der Waals surface area contributed by atoms with E-state index in [1.807, 2.05) is 6.07 Å². The average molecular weight is 343 g/mol. The summed E-state index contributed by atoms with van der Waals surface area (Å²) in [5.74, 6) is 0.677. The van der Waals surface area contributed by atoms with Crippen LogP contribution in [0, 0.1) is 0 Å². The summed E-state index contributed by atoms with van der Waals surface area (Å²) >= 11 is 4.07. The number of rotatable bonds is 7. The van der Waals surface area contributed by atoms with Gasteiger partial charge in [-0.05, 0) is 49.5 Å². The Morgan fingerprint density at radius 3 is 2.88 bits per heavy atom. The van der Waals surface area contributed by atoms with Gasteiger partial charge >= 0.3 is 0 Å². The van der Waals surface area contributed by atoms with Gasteiger partial charge in [0.2, 0.25) is 5.91 Å². The summed E-state index contributed by atoms with van der Waals surface area (Å²) in [6.45, 7) is 1.55. The summed E-state index contributed by atoms with van der Waals surface area (Å²) in [7, 11) is 0. The van der Waals surface area contributed by atoms with Crippen LogP contribution in [0.15, 0.2) is 24.3 Å². The molecule has 5 heteroatoms. The number of pyridine rings is 1. The minimum absolute atomic E-state index is 0.0803. The lowest BCUT2D eigenvalue weighted by molar-refractivity contribution is -0.120. The van der Waals surface area contributed by atoms with Crippen molar-refractivity contribution >= 4 is 35.1 Å². The maximum Gasteiger partial charge on any atom is 0.220 e. The molecule has 2 aromatic rings. The molecule has 0 saturated heterocycles. The standard InChI is InChI=1S/C19H25N3OS/c23-18(10-13-24)20-11-5-12-21-19-14-6-1-3-8-16(14)22-17-9-4-2-7-15(17)19/h1,3,6,8,24H,2,4-5,7,9-13H2,(H,20,23)(H,21,22). The number of benzene rings is 1. The largest absolute Gasteiger partial charge is 0.384 e. The first-order chi connectivity index (χ1) is 11.8. The van der Waals surface area contributed by atoms with Crippen LogP contribution in [0.1, 0.15) is 36.9 Å². The highest BCUT2D eigenvalue weighted by molar-refractivity contribution is 7.80. The van der Waals surface area contributed by atoms with Crippen molar-refractivity contribution in [1.29, 1.82) is 0 Å². The number of nitrogens with one attached hydrogen (secondary N) is 2. The smallest absolute Gasteiger partial charge is 0.220 e. The van der Waals surface area contributed by atoms with Crippen LogP contribution in [0.2, 0.25) is 0 Å². The van der Waals surface area contributed by atoms with E-state index >= 15 is 0 Å². The zero-order valence-corrected chi connectivity index (χ0v) is 14.9. The van der Waals surface area contributed by atoms with E-state index in [4.69, 9.17) is 4.98 Å². The number of anilines is 1. The Kier molecular flexibility index (Phi) is 5.96. The van der Waals surface area contributed by atoms with Crippen LogP contribution in [0.5, 0.6) is 0 Å². The molecule has 24 heavy (non-hydrogen) atoms. The molecule has 1 aliphatic rings. The van der Waals surface area contributed by atoms with E-state index in [-0.39, 0.29) is 5.91 Å². The molecular weight excluding hydrogens is 318 g/mol. The number of hydrogen-bond acceptors (Lipinski definition) is 4. The zero-order valence-electron chi connectivity index (χ0n) is 14.0. The van der Waals surface area contributed by atoms with E-state index in [0.29, 0.717) is 18.7 Å². The normalized spacial score (nSPS) is 13.5. The Labute approximate surface area is 148 Å². The molecule has 1 aromatic carbocycles. The molecule has 3 rings (SSSR count). The van der Waals surface area contributed by atoms with Crippen molar-refractivity contribution in [3.05, 3.63) is 35.5 Å². The number of hydrogen-bond donors (Lipinski definition) is 3.